The lowest BCUT2D eigenvalue weighted by molar-refractivity contribution is 0.477. The van der Waals surface area contributed by atoms with Crippen molar-refractivity contribution in [3.63, 3.8) is 0 Å². The molecule has 0 saturated heterocycles. The first-order chi connectivity index (χ1) is 30.7. The number of aromatic hydroxyl groups is 1. The van der Waals surface area contributed by atoms with Gasteiger partial charge in [0.1, 0.15) is 11.6 Å². The van der Waals surface area contributed by atoms with Gasteiger partial charge in [-0.2, -0.15) is 0 Å². The summed E-state index contributed by atoms with van der Waals surface area (Å²) in [5.41, 5.74) is 14.7. The molecule has 294 valence electrons. The Bertz CT molecular complexity index is 3180. The molecule has 0 fully saturated rings. The van der Waals surface area contributed by atoms with Crippen LogP contribution in [-0.2, 0) is 0 Å². The van der Waals surface area contributed by atoms with E-state index in [9.17, 15) is 5.11 Å². The molecule has 0 saturated carbocycles. The molecule has 9 rings (SSSR count). The van der Waals surface area contributed by atoms with Crippen molar-refractivity contribution in [2.45, 2.75) is 53.3 Å². The lowest BCUT2D eigenvalue weighted by atomic mass is 9.84. The summed E-state index contributed by atoms with van der Waals surface area (Å²) in [4.78, 5) is 10.2. The summed E-state index contributed by atoms with van der Waals surface area (Å²) in [5.74, 6) is -0.383. The Morgan fingerprint density at radius 3 is 2.03 bits per heavy atom. The number of benzene rings is 7. The van der Waals surface area contributed by atoms with E-state index in [1.807, 2.05) is 97.4 Å². The fourth-order valence-corrected chi connectivity index (χ4v) is 8.34. The average molecular weight is 784 g/mol. The Labute approximate surface area is 359 Å². The molecule has 0 aliphatic rings. The number of fused-ring (bicyclic) bond motifs is 1. The van der Waals surface area contributed by atoms with Gasteiger partial charge in [-0.15, -0.1) is 0 Å². The molecular formula is C56H49N3O. The maximum atomic E-state index is 11.4. The van der Waals surface area contributed by atoms with Crippen LogP contribution in [0, 0.1) is 13.8 Å². The summed E-state index contributed by atoms with van der Waals surface area (Å²) in [5, 5.41) is 11.4. The largest absolute Gasteiger partial charge is 0.507 e. The van der Waals surface area contributed by atoms with E-state index < -0.39 is 12.7 Å². The summed E-state index contributed by atoms with van der Waals surface area (Å²) in [6, 6.07) is 53.9. The number of para-hydroxylation sites is 2. The van der Waals surface area contributed by atoms with Gasteiger partial charge in [0.05, 0.1) is 28.0 Å². The molecule has 4 heteroatoms. The van der Waals surface area contributed by atoms with Crippen LogP contribution in [0.5, 0.6) is 5.75 Å². The molecular weight excluding hydrogens is 731 g/mol. The summed E-state index contributed by atoms with van der Waals surface area (Å²) in [6.07, 6.45) is 1.85. The Balaban J connectivity index is 1.30. The first kappa shape index (κ1) is 33.9. The predicted octanol–water partition coefficient (Wildman–Crippen LogP) is 15.0. The highest BCUT2D eigenvalue weighted by Crippen LogP contribution is 2.42. The summed E-state index contributed by atoms with van der Waals surface area (Å²) in [6.45, 7) is 7.49. The molecule has 0 spiro atoms. The van der Waals surface area contributed by atoms with Crippen LogP contribution in [0.25, 0.3) is 83.9 Å². The smallest absolute Gasteiger partial charge is 0.149 e. The number of rotatable bonds is 9. The zero-order valence-corrected chi connectivity index (χ0v) is 34.5. The first-order valence-corrected chi connectivity index (χ1v) is 20.5. The normalized spacial score (nSPS) is 12.9. The van der Waals surface area contributed by atoms with Gasteiger partial charge in [0, 0.05) is 22.8 Å². The molecule has 2 heterocycles. The maximum Gasteiger partial charge on any atom is 0.149 e. The topological polar surface area (TPSA) is 50.9 Å². The van der Waals surface area contributed by atoms with Crippen molar-refractivity contribution < 1.29 is 10.6 Å². The predicted molar refractivity (Wildman–Crippen MR) is 251 cm³/mol. The highest BCUT2D eigenvalue weighted by atomic mass is 16.3. The number of hydrogen-bond donors (Lipinski definition) is 1. The van der Waals surface area contributed by atoms with Gasteiger partial charge >= 0.3 is 0 Å². The number of hydrogen-bond acceptors (Lipinski definition) is 3. The summed E-state index contributed by atoms with van der Waals surface area (Å²) in [7, 11) is 0. The van der Waals surface area contributed by atoms with Gasteiger partial charge in [-0.05, 0) is 142 Å². The lowest BCUT2D eigenvalue weighted by Gasteiger charge is -2.21. The first-order valence-electron chi connectivity index (χ1n) is 22.5. The Kier molecular flexibility index (Phi) is 9.01. The van der Waals surface area contributed by atoms with Crippen molar-refractivity contribution in [1.29, 1.82) is 0 Å². The van der Waals surface area contributed by atoms with Crippen molar-refractivity contribution in [3.8, 4) is 78.6 Å². The Morgan fingerprint density at radius 2 is 1.27 bits per heavy atom. The zero-order valence-electron chi connectivity index (χ0n) is 38.5. The van der Waals surface area contributed by atoms with Crippen LogP contribution in [0.1, 0.15) is 67.2 Å². The van der Waals surface area contributed by atoms with Crippen molar-refractivity contribution in [3.05, 3.63) is 192 Å². The molecule has 0 atom stereocenters. The van der Waals surface area contributed by atoms with Gasteiger partial charge in [-0.25, -0.2) is 4.98 Å². The molecule has 4 nitrogen and oxygen atoms in total. The van der Waals surface area contributed by atoms with Crippen LogP contribution in [-0.4, -0.2) is 19.6 Å². The zero-order chi connectivity index (χ0) is 44.9. The number of phenols is 1. The van der Waals surface area contributed by atoms with E-state index in [4.69, 9.17) is 15.5 Å². The molecule has 1 N–H and O–H groups in total. The second kappa shape index (κ2) is 16.0. The third-order valence-corrected chi connectivity index (χ3v) is 11.4. The van der Waals surface area contributed by atoms with Gasteiger partial charge in [0.2, 0.25) is 0 Å². The number of pyridine rings is 1. The van der Waals surface area contributed by atoms with E-state index in [2.05, 4.69) is 87.5 Å². The third-order valence-electron chi connectivity index (χ3n) is 11.4. The van der Waals surface area contributed by atoms with Gasteiger partial charge in [0.25, 0.3) is 0 Å². The fourth-order valence-electron chi connectivity index (χ4n) is 8.34. The molecule has 0 amide bonds. The maximum absolute atomic E-state index is 11.4. The van der Waals surface area contributed by atoms with Crippen LogP contribution in [0.2, 0.25) is 0 Å². The van der Waals surface area contributed by atoms with Gasteiger partial charge in [-0.1, -0.05) is 136 Å². The molecule has 9 aromatic rings. The van der Waals surface area contributed by atoms with E-state index in [1.165, 1.54) is 5.56 Å². The average Bonchev–Trinajstić information content (AvgIpc) is 3.68. The number of aryl methyl sites for hydroxylation is 2. The molecule has 60 heavy (non-hydrogen) atoms. The molecule has 0 aliphatic heterocycles. The van der Waals surface area contributed by atoms with E-state index in [1.54, 1.807) is 24.3 Å². The minimum absolute atomic E-state index is 0.0220. The van der Waals surface area contributed by atoms with E-state index in [-0.39, 0.29) is 17.2 Å². The number of aromatic nitrogens is 3. The van der Waals surface area contributed by atoms with Crippen LogP contribution in [0.15, 0.2) is 170 Å². The SMILES string of the molecule is [2H]C([2H])([2H])c1cc(-c2c(C(C)C)cccc2C([2H])(C)C)ccc1-n1c(-c2ccccc2O)nc2c(-c3cc(-c4ccccc4)cc(-c4cc(-c5ccc(C)cc5)ccn4)c3)cccc21. The third kappa shape index (κ3) is 7.20. The van der Waals surface area contributed by atoms with Crippen LogP contribution < -0.4 is 0 Å². The van der Waals surface area contributed by atoms with Gasteiger partial charge < -0.3 is 5.11 Å². The van der Waals surface area contributed by atoms with E-state index in [0.29, 0.717) is 28.1 Å². The quantitative estimate of drug-likeness (QED) is 0.159. The molecule has 0 radical (unpaired) electrons. The number of phenolic OH excluding ortho intramolecular Hbond substituents is 1. The molecule has 7 aromatic carbocycles. The monoisotopic (exact) mass is 783 g/mol. The van der Waals surface area contributed by atoms with Crippen molar-refractivity contribution in [1.82, 2.24) is 14.5 Å². The summed E-state index contributed by atoms with van der Waals surface area (Å²) >= 11 is 0. The van der Waals surface area contributed by atoms with Crippen LogP contribution >= 0.6 is 0 Å². The van der Waals surface area contributed by atoms with E-state index >= 15 is 0 Å². The van der Waals surface area contributed by atoms with Crippen molar-refractivity contribution in [2.75, 3.05) is 0 Å². The van der Waals surface area contributed by atoms with Crippen LogP contribution in [0.3, 0.4) is 0 Å². The second-order valence-electron chi connectivity index (χ2n) is 16.1. The van der Waals surface area contributed by atoms with E-state index in [0.717, 1.165) is 66.9 Å². The minimum atomic E-state index is -2.54. The van der Waals surface area contributed by atoms with Gasteiger partial charge in [-0.3, -0.25) is 9.55 Å². The van der Waals surface area contributed by atoms with Crippen molar-refractivity contribution >= 4 is 11.0 Å². The second-order valence-corrected chi connectivity index (χ2v) is 16.1. The molecule has 0 aliphatic carbocycles. The molecule has 0 unspecified atom stereocenters. The standard InChI is InChI=1S/C56H49N3O/c1-35(2)46-17-12-18-47(36(3)4)54(46)42-26-27-51(38(6)30-42)59-52-20-13-19-48(55(52)58-56(59)49-16-10-11-21-53(49)60)44-31-43(39-14-8-7-9-15-39)32-45(33-44)50-34-41(28-29-57-50)40-24-22-37(5)23-25-40/h7-36,60H,1-6H3/i6D3,35D. The number of nitrogens with zero attached hydrogens (tertiary/aromatic N) is 3. The summed E-state index contributed by atoms with van der Waals surface area (Å²) < 4.78 is 37.9. The fraction of sp³-hybridized carbons (Fsp3) is 0.143. The Hall–Kier alpha value is -7.04. The van der Waals surface area contributed by atoms with Gasteiger partial charge in [0.15, 0.2) is 0 Å². The van der Waals surface area contributed by atoms with Crippen LogP contribution in [0.4, 0.5) is 0 Å². The Morgan fingerprint density at radius 1 is 0.583 bits per heavy atom. The lowest BCUT2D eigenvalue weighted by Crippen LogP contribution is -2.03. The highest BCUT2D eigenvalue weighted by Gasteiger charge is 2.23. The highest BCUT2D eigenvalue weighted by molar-refractivity contribution is 5.98. The van der Waals surface area contributed by atoms with Crippen molar-refractivity contribution in [2.24, 2.45) is 0 Å². The molecule has 2 aromatic heterocycles. The minimum Gasteiger partial charge on any atom is -0.507 e. The molecule has 0 bridgehead atoms. The number of imidazole rings is 1.